The third-order valence-electron chi connectivity index (χ3n) is 3.09. The molecule has 1 aromatic rings. The fourth-order valence-corrected chi connectivity index (χ4v) is 1.90. The zero-order chi connectivity index (χ0) is 15.5. The summed E-state index contributed by atoms with van der Waals surface area (Å²) < 4.78 is 16.1. The number of rotatable bonds is 10. The molecule has 0 N–H and O–H groups in total. The van der Waals surface area contributed by atoms with Crippen molar-refractivity contribution in [3.63, 3.8) is 0 Å². The summed E-state index contributed by atoms with van der Waals surface area (Å²) in [5.74, 6) is 0.905. The molecule has 21 heavy (non-hydrogen) atoms. The van der Waals surface area contributed by atoms with Gasteiger partial charge >= 0.3 is 5.97 Å². The van der Waals surface area contributed by atoms with Crippen LogP contribution in [0, 0.1) is 0 Å². The van der Waals surface area contributed by atoms with Crippen LogP contribution in [0.4, 0.5) is 0 Å². The van der Waals surface area contributed by atoms with Crippen molar-refractivity contribution < 1.29 is 19.0 Å². The highest BCUT2D eigenvalue weighted by molar-refractivity contribution is 5.90. The Morgan fingerprint density at radius 3 is 2.48 bits per heavy atom. The lowest BCUT2D eigenvalue weighted by atomic mass is 10.2. The lowest BCUT2D eigenvalue weighted by Gasteiger charge is -2.12. The van der Waals surface area contributed by atoms with Crippen LogP contribution in [0.3, 0.4) is 0 Å². The maximum absolute atomic E-state index is 11.8. The van der Waals surface area contributed by atoms with Crippen molar-refractivity contribution in [1.82, 2.24) is 0 Å². The Balaban J connectivity index is 2.59. The Morgan fingerprint density at radius 1 is 1.00 bits per heavy atom. The summed E-state index contributed by atoms with van der Waals surface area (Å²) in [6.07, 6.45) is 5.43. The van der Waals surface area contributed by atoms with Crippen LogP contribution in [0.5, 0.6) is 11.5 Å². The maximum Gasteiger partial charge on any atom is 0.338 e. The quantitative estimate of drug-likeness (QED) is 0.479. The van der Waals surface area contributed by atoms with Crippen LogP contribution in [0.1, 0.15) is 56.3 Å². The van der Waals surface area contributed by atoms with Gasteiger partial charge in [-0.1, -0.05) is 33.1 Å². The highest BCUT2D eigenvalue weighted by Gasteiger charge is 2.12. The first-order chi connectivity index (χ1) is 10.2. The van der Waals surface area contributed by atoms with Gasteiger partial charge in [-0.25, -0.2) is 4.79 Å². The number of ether oxygens (including phenoxy) is 3. The Morgan fingerprint density at radius 2 is 1.81 bits per heavy atom. The molecule has 0 radical (unpaired) electrons. The molecular formula is C17H26O4. The number of benzene rings is 1. The van der Waals surface area contributed by atoms with Crippen molar-refractivity contribution in [3.05, 3.63) is 23.8 Å². The molecule has 0 atom stereocenters. The van der Waals surface area contributed by atoms with E-state index < -0.39 is 0 Å². The van der Waals surface area contributed by atoms with E-state index >= 15 is 0 Å². The Labute approximate surface area is 127 Å². The molecule has 4 heteroatoms. The number of esters is 1. The SMILES string of the molecule is CCCCCCOc1ccc(C(=O)OCCC)cc1OC. The van der Waals surface area contributed by atoms with E-state index in [0.717, 1.165) is 12.8 Å². The summed E-state index contributed by atoms with van der Waals surface area (Å²) in [6, 6.07) is 5.14. The van der Waals surface area contributed by atoms with Gasteiger partial charge in [0.25, 0.3) is 0 Å². The molecule has 0 saturated heterocycles. The molecule has 0 aliphatic heterocycles. The molecule has 0 spiro atoms. The molecule has 0 amide bonds. The maximum atomic E-state index is 11.8. The number of carbonyl (C=O) groups excluding carboxylic acids is 1. The standard InChI is InChI=1S/C17H26O4/c1-4-6-7-8-12-20-15-10-9-14(13-16(15)19-3)17(18)21-11-5-2/h9-10,13H,4-8,11-12H2,1-3H3. The van der Waals surface area contributed by atoms with Gasteiger partial charge in [-0.3, -0.25) is 0 Å². The topological polar surface area (TPSA) is 44.8 Å². The van der Waals surface area contributed by atoms with E-state index in [9.17, 15) is 4.79 Å². The summed E-state index contributed by atoms with van der Waals surface area (Å²) in [4.78, 5) is 11.8. The molecule has 4 nitrogen and oxygen atoms in total. The van der Waals surface area contributed by atoms with Crippen LogP contribution in [0.2, 0.25) is 0 Å². The van der Waals surface area contributed by atoms with Crippen molar-refractivity contribution in [3.8, 4) is 11.5 Å². The first kappa shape index (κ1) is 17.3. The van der Waals surface area contributed by atoms with Crippen LogP contribution in [-0.2, 0) is 4.74 Å². The summed E-state index contributed by atoms with van der Waals surface area (Å²) in [6.45, 7) is 5.23. The molecule has 0 saturated carbocycles. The predicted octanol–water partition coefficient (Wildman–Crippen LogP) is 4.22. The zero-order valence-corrected chi connectivity index (χ0v) is 13.3. The van der Waals surface area contributed by atoms with E-state index in [1.54, 1.807) is 25.3 Å². The van der Waals surface area contributed by atoms with Crippen LogP contribution in [-0.4, -0.2) is 26.3 Å². The summed E-state index contributed by atoms with van der Waals surface area (Å²) in [5, 5.41) is 0. The third-order valence-corrected chi connectivity index (χ3v) is 3.09. The molecular weight excluding hydrogens is 268 g/mol. The van der Waals surface area contributed by atoms with Crippen LogP contribution in [0.25, 0.3) is 0 Å². The van der Waals surface area contributed by atoms with Crippen LogP contribution < -0.4 is 9.47 Å². The molecule has 0 aliphatic carbocycles. The summed E-state index contributed by atoms with van der Waals surface area (Å²) in [5.41, 5.74) is 0.485. The number of carbonyl (C=O) groups is 1. The van der Waals surface area contributed by atoms with Gasteiger partial charge in [0, 0.05) is 0 Å². The normalized spacial score (nSPS) is 10.2. The lowest BCUT2D eigenvalue weighted by molar-refractivity contribution is 0.0504. The summed E-state index contributed by atoms with van der Waals surface area (Å²) >= 11 is 0. The fourth-order valence-electron chi connectivity index (χ4n) is 1.90. The van der Waals surface area contributed by atoms with E-state index in [2.05, 4.69) is 6.92 Å². The Hall–Kier alpha value is -1.71. The lowest BCUT2D eigenvalue weighted by Crippen LogP contribution is -2.07. The average Bonchev–Trinajstić information content (AvgIpc) is 2.52. The van der Waals surface area contributed by atoms with Crippen LogP contribution >= 0.6 is 0 Å². The zero-order valence-electron chi connectivity index (χ0n) is 13.3. The van der Waals surface area contributed by atoms with Crippen molar-refractivity contribution in [2.75, 3.05) is 20.3 Å². The molecule has 0 fully saturated rings. The van der Waals surface area contributed by atoms with E-state index in [0.29, 0.717) is 30.3 Å². The Kier molecular flexibility index (Phi) is 8.32. The third kappa shape index (κ3) is 6.06. The predicted molar refractivity (Wildman–Crippen MR) is 83.2 cm³/mol. The van der Waals surface area contributed by atoms with Crippen molar-refractivity contribution in [2.45, 2.75) is 46.0 Å². The second kappa shape index (κ2) is 10.1. The highest BCUT2D eigenvalue weighted by Crippen LogP contribution is 2.28. The number of unbranched alkanes of at least 4 members (excludes halogenated alkanes) is 3. The van der Waals surface area contributed by atoms with Gasteiger partial charge in [0.15, 0.2) is 11.5 Å². The number of methoxy groups -OCH3 is 1. The van der Waals surface area contributed by atoms with Gasteiger partial charge in [-0.05, 0) is 31.0 Å². The van der Waals surface area contributed by atoms with Gasteiger partial charge < -0.3 is 14.2 Å². The van der Waals surface area contributed by atoms with E-state index in [1.165, 1.54) is 19.3 Å². The highest BCUT2D eigenvalue weighted by atomic mass is 16.5. The van der Waals surface area contributed by atoms with Gasteiger partial charge in [-0.2, -0.15) is 0 Å². The molecule has 1 rings (SSSR count). The second-order valence-electron chi connectivity index (χ2n) is 4.91. The van der Waals surface area contributed by atoms with E-state index in [4.69, 9.17) is 14.2 Å². The van der Waals surface area contributed by atoms with Gasteiger partial charge in [0.05, 0.1) is 25.9 Å². The van der Waals surface area contributed by atoms with Gasteiger partial charge in [-0.15, -0.1) is 0 Å². The minimum absolute atomic E-state index is 0.329. The monoisotopic (exact) mass is 294 g/mol. The van der Waals surface area contributed by atoms with Crippen molar-refractivity contribution >= 4 is 5.97 Å². The molecule has 1 aromatic carbocycles. The first-order valence-corrected chi connectivity index (χ1v) is 7.70. The van der Waals surface area contributed by atoms with Gasteiger partial charge in [0.1, 0.15) is 0 Å². The smallest absolute Gasteiger partial charge is 0.338 e. The van der Waals surface area contributed by atoms with Crippen molar-refractivity contribution in [2.24, 2.45) is 0 Å². The molecule has 0 heterocycles. The second-order valence-corrected chi connectivity index (χ2v) is 4.91. The molecule has 0 bridgehead atoms. The van der Waals surface area contributed by atoms with E-state index in [-0.39, 0.29) is 5.97 Å². The number of hydrogen-bond donors (Lipinski definition) is 0. The molecule has 0 unspecified atom stereocenters. The van der Waals surface area contributed by atoms with Crippen LogP contribution in [0.15, 0.2) is 18.2 Å². The summed E-state index contributed by atoms with van der Waals surface area (Å²) in [7, 11) is 1.57. The molecule has 0 aromatic heterocycles. The fraction of sp³-hybridized carbons (Fsp3) is 0.588. The molecule has 0 aliphatic rings. The molecule has 118 valence electrons. The first-order valence-electron chi connectivity index (χ1n) is 7.70. The van der Waals surface area contributed by atoms with E-state index in [1.807, 2.05) is 6.92 Å². The minimum atomic E-state index is -0.329. The largest absolute Gasteiger partial charge is 0.493 e. The van der Waals surface area contributed by atoms with Crippen molar-refractivity contribution in [1.29, 1.82) is 0 Å². The van der Waals surface area contributed by atoms with Gasteiger partial charge in [0.2, 0.25) is 0 Å². The average molecular weight is 294 g/mol. The number of hydrogen-bond acceptors (Lipinski definition) is 4. The minimum Gasteiger partial charge on any atom is -0.493 e. The Bertz CT molecular complexity index is 429.